The fraction of sp³-hybridized carbons (Fsp3) is 0.364. The number of aromatic nitrogens is 2. The Bertz CT molecular complexity index is 517. The molecule has 0 atom stereocenters. The number of benzene rings is 1. The zero-order valence-electron chi connectivity index (χ0n) is 8.88. The molecule has 0 amide bonds. The average molecular weight is 271 g/mol. The number of hydrogen-bond acceptors (Lipinski definition) is 1. The van der Waals surface area contributed by atoms with Crippen molar-refractivity contribution in [1.82, 2.24) is 9.55 Å². The third-order valence-electron chi connectivity index (χ3n) is 2.43. The highest BCUT2D eigenvalue weighted by Gasteiger charge is 2.15. The van der Waals surface area contributed by atoms with Crippen LogP contribution in [0.5, 0.6) is 0 Å². The molecule has 15 heavy (non-hydrogen) atoms. The van der Waals surface area contributed by atoms with E-state index in [0.29, 0.717) is 5.52 Å². The largest absolute Gasteiger partial charge is 0.325 e. The minimum absolute atomic E-state index is 0.268. The summed E-state index contributed by atoms with van der Waals surface area (Å²) in [6, 6.07) is 3.43. The van der Waals surface area contributed by atoms with Crippen molar-refractivity contribution < 1.29 is 4.39 Å². The van der Waals surface area contributed by atoms with Gasteiger partial charge in [0.2, 0.25) is 0 Å². The van der Waals surface area contributed by atoms with E-state index in [1.165, 1.54) is 6.07 Å². The molecule has 80 valence electrons. The van der Waals surface area contributed by atoms with Crippen LogP contribution in [-0.4, -0.2) is 9.55 Å². The molecule has 0 aliphatic rings. The van der Waals surface area contributed by atoms with E-state index in [9.17, 15) is 4.39 Å². The Morgan fingerprint density at radius 1 is 1.40 bits per heavy atom. The lowest BCUT2D eigenvalue weighted by Gasteiger charge is -2.11. The summed E-state index contributed by atoms with van der Waals surface area (Å²) in [5, 5.41) is 0. The number of imidazole rings is 1. The predicted octanol–water partition coefficient (Wildman–Crippen LogP) is 3.83. The Hall–Kier alpha value is -0.900. The van der Waals surface area contributed by atoms with Crippen LogP contribution in [0.15, 0.2) is 16.6 Å². The highest BCUT2D eigenvalue weighted by molar-refractivity contribution is 9.10. The molecule has 0 bridgehead atoms. The summed E-state index contributed by atoms with van der Waals surface area (Å²) in [7, 11) is 0. The molecule has 1 heterocycles. The van der Waals surface area contributed by atoms with E-state index in [0.717, 1.165) is 15.8 Å². The second-order valence-electron chi connectivity index (χ2n) is 3.85. The van der Waals surface area contributed by atoms with Gasteiger partial charge in [0, 0.05) is 10.5 Å². The molecular weight excluding hydrogens is 259 g/mol. The van der Waals surface area contributed by atoms with Gasteiger partial charge in [0.05, 0.1) is 5.52 Å². The minimum atomic E-state index is -0.268. The summed E-state index contributed by atoms with van der Waals surface area (Å²) in [6.45, 7) is 6.02. The van der Waals surface area contributed by atoms with Gasteiger partial charge in [0.25, 0.3) is 0 Å². The molecular formula is C11H12BrFN2. The molecule has 2 aromatic rings. The maximum Gasteiger partial charge on any atom is 0.151 e. The lowest BCUT2D eigenvalue weighted by molar-refractivity contribution is 0.599. The van der Waals surface area contributed by atoms with Gasteiger partial charge >= 0.3 is 0 Å². The fourth-order valence-electron chi connectivity index (χ4n) is 1.88. The number of hydrogen-bond donors (Lipinski definition) is 0. The molecule has 1 aromatic carbocycles. The molecule has 0 spiro atoms. The van der Waals surface area contributed by atoms with E-state index in [2.05, 4.69) is 34.8 Å². The van der Waals surface area contributed by atoms with Crippen LogP contribution in [0.1, 0.15) is 25.7 Å². The zero-order valence-corrected chi connectivity index (χ0v) is 10.5. The van der Waals surface area contributed by atoms with Crippen LogP contribution in [0.25, 0.3) is 11.0 Å². The molecule has 0 saturated heterocycles. The molecule has 0 unspecified atom stereocenters. The normalized spacial score (nSPS) is 11.6. The van der Waals surface area contributed by atoms with Gasteiger partial charge < -0.3 is 4.57 Å². The molecule has 4 heteroatoms. The van der Waals surface area contributed by atoms with Gasteiger partial charge in [-0.3, -0.25) is 0 Å². The lowest BCUT2D eigenvalue weighted by Crippen LogP contribution is -2.03. The van der Waals surface area contributed by atoms with Crippen LogP contribution in [0.3, 0.4) is 0 Å². The molecule has 0 N–H and O–H groups in total. The first-order valence-corrected chi connectivity index (χ1v) is 5.64. The molecule has 0 radical (unpaired) electrons. The molecule has 1 aromatic heterocycles. The van der Waals surface area contributed by atoms with Gasteiger partial charge in [0.1, 0.15) is 11.3 Å². The summed E-state index contributed by atoms with van der Waals surface area (Å²) in [6.07, 6.45) is 0. The van der Waals surface area contributed by atoms with E-state index in [1.54, 1.807) is 6.07 Å². The first kappa shape index (κ1) is 10.6. The standard InChI is InChI=1S/C11H12BrFN2/c1-6(2)15-7(3)14-10-9(13)5-4-8(12)11(10)15/h4-6H,1-3H3. The van der Waals surface area contributed by atoms with Crippen LogP contribution in [0.4, 0.5) is 4.39 Å². The Balaban J connectivity index is 2.92. The molecule has 0 aliphatic carbocycles. The van der Waals surface area contributed by atoms with Gasteiger partial charge in [-0.25, -0.2) is 9.37 Å². The van der Waals surface area contributed by atoms with Gasteiger partial charge in [-0.05, 0) is 48.8 Å². The van der Waals surface area contributed by atoms with Crippen molar-refractivity contribution >= 4 is 27.0 Å². The molecule has 2 rings (SSSR count). The van der Waals surface area contributed by atoms with Gasteiger partial charge in [-0.15, -0.1) is 0 Å². The minimum Gasteiger partial charge on any atom is -0.325 e. The third-order valence-corrected chi connectivity index (χ3v) is 3.07. The van der Waals surface area contributed by atoms with Gasteiger partial charge in [-0.2, -0.15) is 0 Å². The molecule has 0 aliphatic heterocycles. The van der Waals surface area contributed by atoms with Crippen molar-refractivity contribution in [1.29, 1.82) is 0 Å². The second-order valence-corrected chi connectivity index (χ2v) is 4.70. The topological polar surface area (TPSA) is 17.8 Å². The van der Waals surface area contributed by atoms with Gasteiger partial charge in [-0.1, -0.05) is 0 Å². The first-order valence-electron chi connectivity index (χ1n) is 4.85. The van der Waals surface area contributed by atoms with Crippen molar-refractivity contribution in [3.63, 3.8) is 0 Å². The number of halogens is 2. The van der Waals surface area contributed by atoms with Crippen molar-refractivity contribution in [3.8, 4) is 0 Å². The third kappa shape index (κ3) is 1.57. The molecule has 0 fully saturated rings. The number of aryl methyl sites for hydroxylation is 1. The van der Waals surface area contributed by atoms with Crippen LogP contribution in [0.2, 0.25) is 0 Å². The van der Waals surface area contributed by atoms with Crippen LogP contribution in [-0.2, 0) is 0 Å². The average Bonchev–Trinajstić information content (AvgIpc) is 2.50. The van der Waals surface area contributed by atoms with Crippen LogP contribution in [0, 0.1) is 12.7 Å². The van der Waals surface area contributed by atoms with Crippen molar-refractivity contribution in [2.24, 2.45) is 0 Å². The van der Waals surface area contributed by atoms with Crippen molar-refractivity contribution in [2.45, 2.75) is 26.8 Å². The fourth-order valence-corrected chi connectivity index (χ4v) is 2.39. The van der Waals surface area contributed by atoms with E-state index < -0.39 is 0 Å². The lowest BCUT2D eigenvalue weighted by atomic mass is 10.3. The van der Waals surface area contributed by atoms with E-state index in [-0.39, 0.29) is 11.9 Å². The monoisotopic (exact) mass is 270 g/mol. The molecule has 2 nitrogen and oxygen atoms in total. The van der Waals surface area contributed by atoms with E-state index >= 15 is 0 Å². The smallest absolute Gasteiger partial charge is 0.151 e. The van der Waals surface area contributed by atoms with Crippen molar-refractivity contribution in [3.05, 3.63) is 28.2 Å². The van der Waals surface area contributed by atoms with Crippen LogP contribution < -0.4 is 0 Å². The maximum atomic E-state index is 13.5. The summed E-state index contributed by atoms with van der Waals surface area (Å²) in [4.78, 5) is 4.25. The number of nitrogens with zero attached hydrogens (tertiary/aromatic N) is 2. The van der Waals surface area contributed by atoms with Gasteiger partial charge in [0.15, 0.2) is 5.82 Å². The zero-order chi connectivity index (χ0) is 11.2. The Labute approximate surface area is 96.2 Å². The Kier molecular flexibility index (Phi) is 2.54. The summed E-state index contributed by atoms with van der Waals surface area (Å²) in [5.74, 6) is 0.571. The summed E-state index contributed by atoms with van der Waals surface area (Å²) in [5.41, 5.74) is 1.28. The number of rotatable bonds is 1. The summed E-state index contributed by atoms with van der Waals surface area (Å²) >= 11 is 3.44. The number of fused-ring (bicyclic) bond motifs is 1. The Morgan fingerprint density at radius 3 is 2.67 bits per heavy atom. The predicted molar refractivity (Wildman–Crippen MR) is 62.5 cm³/mol. The maximum absolute atomic E-state index is 13.5. The summed E-state index contributed by atoms with van der Waals surface area (Å²) < 4.78 is 16.4. The van der Waals surface area contributed by atoms with E-state index in [4.69, 9.17) is 0 Å². The molecule has 0 saturated carbocycles. The van der Waals surface area contributed by atoms with Crippen LogP contribution >= 0.6 is 15.9 Å². The SMILES string of the molecule is Cc1nc2c(F)ccc(Br)c2n1C(C)C. The first-order chi connectivity index (χ1) is 7.02. The second kappa shape index (κ2) is 3.59. The van der Waals surface area contributed by atoms with E-state index in [1.807, 2.05) is 11.5 Å². The quantitative estimate of drug-likeness (QED) is 0.770. The highest BCUT2D eigenvalue weighted by Crippen LogP contribution is 2.29. The Morgan fingerprint density at radius 2 is 2.07 bits per heavy atom. The highest BCUT2D eigenvalue weighted by atomic mass is 79.9. The van der Waals surface area contributed by atoms with Crippen molar-refractivity contribution in [2.75, 3.05) is 0 Å².